The standard InChI is InChI=1S/C25H26ClN5O2/c1-17-14-29(12-11-18-7-4-3-5-8-18)24-27-22-21(30(24)15-17)23(32)31(25(33)28(22)2)16-19-9-6-10-20(26)13-19/h3-10,13,17H,11-12,14-16H2,1-2H3. The van der Waals surface area contributed by atoms with Crippen molar-refractivity contribution in [3.63, 3.8) is 0 Å². The molecule has 170 valence electrons. The van der Waals surface area contributed by atoms with Crippen LogP contribution in [0.4, 0.5) is 5.95 Å². The highest BCUT2D eigenvalue weighted by atomic mass is 35.5. The summed E-state index contributed by atoms with van der Waals surface area (Å²) in [5, 5.41) is 0.572. The predicted molar refractivity (Wildman–Crippen MR) is 131 cm³/mol. The number of rotatable bonds is 5. The van der Waals surface area contributed by atoms with Crippen LogP contribution in [0.5, 0.6) is 0 Å². The Balaban J connectivity index is 1.59. The minimum atomic E-state index is -0.383. The van der Waals surface area contributed by atoms with Crippen LogP contribution in [0.2, 0.25) is 5.02 Å². The van der Waals surface area contributed by atoms with E-state index in [1.807, 2.05) is 34.9 Å². The third-order valence-electron chi connectivity index (χ3n) is 6.26. The molecule has 33 heavy (non-hydrogen) atoms. The fraction of sp³-hybridized carbons (Fsp3) is 0.320. The number of nitrogens with zero attached hydrogens (tertiary/aromatic N) is 5. The van der Waals surface area contributed by atoms with E-state index in [0.717, 1.165) is 31.0 Å². The maximum atomic E-state index is 13.6. The summed E-state index contributed by atoms with van der Waals surface area (Å²) in [5.41, 5.74) is 2.27. The second-order valence-corrected chi connectivity index (χ2v) is 9.28. The number of hydrogen-bond acceptors (Lipinski definition) is 4. The lowest BCUT2D eigenvalue weighted by Crippen LogP contribution is -2.41. The fourth-order valence-electron chi connectivity index (χ4n) is 4.66. The van der Waals surface area contributed by atoms with Crippen LogP contribution in [-0.2, 0) is 26.6 Å². The Morgan fingerprint density at radius 1 is 1.03 bits per heavy atom. The van der Waals surface area contributed by atoms with E-state index in [2.05, 4.69) is 24.0 Å². The maximum absolute atomic E-state index is 13.6. The molecule has 1 unspecified atom stereocenters. The number of halogens is 1. The molecular formula is C25H26ClN5O2. The average molecular weight is 464 g/mol. The van der Waals surface area contributed by atoms with Gasteiger partial charge in [-0.05, 0) is 35.6 Å². The van der Waals surface area contributed by atoms with Gasteiger partial charge in [-0.25, -0.2) is 4.79 Å². The molecule has 3 heterocycles. The van der Waals surface area contributed by atoms with Crippen molar-refractivity contribution in [3.05, 3.63) is 91.6 Å². The molecule has 0 N–H and O–H groups in total. The van der Waals surface area contributed by atoms with Crippen molar-refractivity contribution in [1.82, 2.24) is 18.7 Å². The van der Waals surface area contributed by atoms with Gasteiger partial charge in [0.05, 0.1) is 6.54 Å². The molecule has 4 aromatic rings. The lowest BCUT2D eigenvalue weighted by atomic mass is 10.1. The van der Waals surface area contributed by atoms with Gasteiger partial charge in [-0.3, -0.25) is 13.9 Å². The van der Waals surface area contributed by atoms with Crippen LogP contribution < -0.4 is 16.1 Å². The van der Waals surface area contributed by atoms with Gasteiger partial charge in [0.1, 0.15) is 0 Å². The van der Waals surface area contributed by atoms with Gasteiger partial charge in [0.25, 0.3) is 5.56 Å². The molecule has 0 spiro atoms. The highest BCUT2D eigenvalue weighted by molar-refractivity contribution is 6.30. The first-order chi connectivity index (χ1) is 15.9. The first-order valence-corrected chi connectivity index (χ1v) is 11.5. The maximum Gasteiger partial charge on any atom is 0.332 e. The lowest BCUT2D eigenvalue weighted by Gasteiger charge is -2.33. The summed E-state index contributed by atoms with van der Waals surface area (Å²) in [6.07, 6.45) is 0.884. The number of aromatic nitrogens is 4. The number of aryl methyl sites for hydroxylation is 1. The number of anilines is 1. The van der Waals surface area contributed by atoms with Gasteiger partial charge >= 0.3 is 5.69 Å². The number of fused-ring (bicyclic) bond motifs is 3. The van der Waals surface area contributed by atoms with Gasteiger partial charge in [0.2, 0.25) is 5.95 Å². The Labute approximate surface area is 196 Å². The van der Waals surface area contributed by atoms with Crippen LogP contribution in [0.3, 0.4) is 0 Å². The second kappa shape index (κ2) is 8.56. The third-order valence-corrected chi connectivity index (χ3v) is 6.50. The largest absolute Gasteiger partial charge is 0.342 e. The van der Waals surface area contributed by atoms with E-state index in [9.17, 15) is 9.59 Å². The monoisotopic (exact) mass is 463 g/mol. The normalized spacial score (nSPS) is 15.7. The number of benzene rings is 2. The SMILES string of the molecule is CC1CN(CCc2ccccc2)c2nc3c(c(=O)n(Cc4cccc(Cl)c4)c(=O)n3C)n2C1. The van der Waals surface area contributed by atoms with E-state index in [1.54, 1.807) is 19.2 Å². The molecule has 1 aliphatic heterocycles. The summed E-state index contributed by atoms with van der Waals surface area (Å²) >= 11 is 6.11. The van der Waals surface area contributed by atoms with Crippen molar-refractivity contribution in [2.75, 3.05) is 18.0 Å². The van der Waals surface area contributed by atoms with Crippen molar-refractivity contribution in [2.24, 2.45) is 13.0 Å². The van der Waals surface area contributed by atoms with Gasteiger partial charge in [-0.1, -0.05) is 61.0 Å². The smallest absolute Gasteiger partial charge is 0.332 e. The van der Waals surface area contributed by atoms with E-state index in [4.69, 9.17) is 16.6 Å². The van der Waals surface area contributed by atoms with Crippen molar-refractivity contribution >= 4 is 28.7 Å². The van der Waals surface area contributed by atoms with Crippen molar-refractivity contribution in [1.29, 1.82) is 0 Å². The molecule has 0 amide bonds. The topological polar surface area (TPSA) is 65.1 Å². The summed E-state index contributed by atoms with van der Waals surface area (Å²) in [6, 6.07) is 17.6. The molecule has 0 aliphatic carbocycles. The van der Waals surface area contributed by atoms with Crippen molar-refractivity contribution < 1.29 is 0 Å². The van der Waals surface area contributed by atoms with Gasteiger partial charge < -0.3 is 9.47 Å². The van der Waals surface area contributed by atoms with Gasteiger partial charge in [-0.15, -0.1) is 0 Å². The van der Waals surface area contributed by atoms with E-state index >= 15 is 0 Å². The first kappa shape index (κ1) is 21.5. The Morgan fingerprint density at radius 3 is 2.55 bits per heavy atom. The third kappa shape index (κ3) is 3.97. The van der Waals surface area contributed by atoms with E-state index in [1.165, 1.54) is 14.7 Å². The first-order valence-electron chi connectivity index (χ1n) is 11.2. The molecule has 2 aromatic carbocycles. The van der Waals surface area contributed by atoms with Crippen LogP contribution in [0.25, 0.3) is 11.2 Å². The molecule has 0 fully saturated rings. The van der Waals surface area contributed by atoms with Crippen molar-refractivity contribution in [3.8, 4) is 0 Å². The zero-order valence-corrected chi connectivity index (χ0v) is 19.5. The summed E-state index contributed by atoms with van der Waals surface area (Å²) in [6.45, 7) is 4.69. The molecule has 1 atom stereocenters. The van der Waals surface area contributed by atoms with E-state index < -0.39 is 0 Å². The predicted octanol–water partition coefficient (Wildman–Crippen LogP) is 3.30. The average Bonchev–Trinajstić information content (AvgIpc) is 3.19. The van der Waals surface area contributed by atoms with Crippen LogP contribution >= 0.6 is 11.6 Å². The Hall–Kier alpha value is -3.32. The lowest BCUT2D eigenvalue weighted by molar-refractivity contribution is 0.437. The second-order valence-electron chi connectivity index (χ2n) is 8.84. The zero-order chi connectivity index (χ0) is 23.1. The molecule has 0 saturated carbocycles. The molecule has 2 aromatic heterocycles. The van der Waals surface area contributed by atoms with E-state index in [0.29, 0.717) is 28.6 Å². The van der Waals surface area contributed by atoms with Crippen LogP contribution in [0.15, 0.2) is 64.2 Å². The molecule has 0 saturated heterocycles. The summed E-state index contributed by atoms with van der Waals surface area (Å²) in [4.78, 5) is 33.7. The molecule has 5 rings (SSSR count). The molecule has 1 aliphatic rings. The summed E-state index contributed by atoms with van der Waals surface area (Å²) in [5.74, 6) is 1.11. The van der Waals surface area contributed by atoms with Crippen molar-refractivity contribution in [2.45, 2.75) is 26.4 Å². The van der Waals surface area contributed by atoms with Gasteiger partial charge in [-0.2, -0.15) is 4.98 Å². The minimum Gasteiger partial charge on any atom is -0.342 e. The zero-order valence-electron chi connectivity index (χ0n) is 18.7. The summed E-state index contributed by atoms with van der Waals surface area (Å²) < 4.78 is 4.74. The summed E-state index contributed by atoms with van der Waals surface area (Å²) in [7, 11) is 1.68. The highest BCUT2D eigenvalue weighted by Crippen LogP contribution is 2.27. The number of imidazole rings is 1. The molecule has 7 nitrogen and oxygen atoms in total. The Morgan fingerprint density at radius 2 is 1.79 bits per heavy atom. The Kier molecular flexibility index (Phi) is 5.58. The van der Waals surface area contributed by atoms with Crippen LogP contribution in [0.1, 0.15) is 18.1 Å². The van der Waals surface area contributed by atoms with E-state index in [-0.39, 0.29) is 17.8 Å². The van der Waals surface area contributed by atoms with Gasteiger partial charge in [0.15, 0.2) is 11.2 Å². The van der Waals surface area contributed by atoms with Crippen LogP contribution in [0, 0.1) is 5.92 Å². The molecule has 0 radical (unpaired) electrons. The molecular weight excluding hydrogens is 438 g/mol. The Bertz CT molecular complexity index is 1440. The fourth-order valence-corrected chi connectivity index (χ4v) is 4.87. The number of hydrogen-bond donors (Lipinski definition) is 0. The molecule has 8 heteroatoms. The molecule has 0 bridgehead atoms. The quantitative estimate of drug-likeness (QED) is 0.455. The minimum absolute atomic E-state index is 0.162. The van der Waals surface area contributed by atoms with Gasteiger partial charge in [0, 0.05) is 31.7 Å². The van der Waals surface area contributed by atoms with Crippen LogP contribution in [-0.4, -0.2) is 31.8 Å². The highest BCUT2D eigenvalue weighted by Gasteiger charge is 2.28.